The number of carbonyl (C=O) groups excluding carboxylic acids is 1. The fourth-order valence-electron chi connectivity index (χ4n) is 3.13. The van der Waals surface area contributed by atoms with Crippen molar-refractivity contribution in [2.45, 2.75) is 64.7 Å². The number of carbonyl (C=O) groups is 1. The topological polar surface area (TPSA) is 29.1 Å². The Labute approximate surface area is 111 Å². The Kier molecular flexibility index (Phi) is 5.27. The van der Waals surface area contributed by atoms with Crippen LogP contribution in [0.3, 0.4) is 0 Å². The summed E-state index contributed by atoms with van der Waals surface area (Å²) in [7, 11) is 0. The van der Waals surface area contributed by atoms with E-state index in [-0.39, 0.29) is 5.91 Å². The summed E-state index contributed by atoms with van der Waals surface area (Å²) < 4.78 is 0. The third-order valence-corrected chi connectivity index (χ3v) is 4.50. The molecule has 2 rings (SSSR count). The van der Waals surface area contributed by atoms with Gasteiger partial charge in [-0.05, 0) is 50.4 Å². The van der Waals surface area contributed by atoms with Gasteiger partial charge < -0.3 is 5.32 Å². The maximum atomic E-state index is 11.9. The van der Waals surface area contributed by atoms with E-state index in [2.05, 4.69) is 18.3 Å². The summed E-state index contributed by atoms with van der Waals surface area (Å²) in [6.07, 6.45) is 13.0. The molecule has 2 heteroatoms. The molecule has 1 saturated carbocycles. The molecule has 1 fully saturated rings. The molecule has 0 unspecified atom stereocenters. The lowest BCUT2D eigenvalue weighted by Gasteiger charge is -2.26. The largest absolute Gasteiger partial charge is 0.356 e. The Morgan fingerprint density at radius 2 is 2.06 bits per heavy atom. The third-order valence-electron chi connectivity index (χ3n) is 4.50. The summed E-state index contributed by atoms with van der Waals surface area (Å²) in [6, 6.07) is 0. The molecule has 1 amide bonds. The molecule has 2 aliphatic rings. The average Bonchev–Trinajstić information content (AvgIpc) is 2.39. The van der Waals surface area contributed by atoms with Crippen molar-refractivity contribution in [3.8, 4) is 0 Å². The minimum absolute atomic E-state index is 0.238. The molecule has 0 aromatic carbocycles. The Morgan fingerprint density at radius 1 is 1.28 bits per heavy atom. The summed E-state index contributed by atoms with van der Waals surface area (Å²) in [6.45, 7) is 3.24. The van der Waals surface area contributed by atoms with Crippen LogP contribution in [-0.2, 0) is 4.79 Å². The molecule has 1 N–H and O–H groups in total. The minimum atomic E-state index is 0.238. The molecule has 18 heavy (non-hydrogen) atoms. The van der Waals surface area contributed by atoms with Gasteiger partial charge in [0.05, 0.1) is 0 Å². The predicted octanol–water partition coefficient (Wildman–Crippen LogP) is 3.82. The molecule has 0 heterocycles. The second-order valence-corrected chi connectivity index (χ2v) is 6.21. The van der Waals surface area contributed by atoms with Crippen molar-refractivity contribution in [3.05, 3.63) is 11.6 Å². The SMILES string of the molecule is CC1CCC(CNC(=O)CC2=CCCCC2)CC1. The van der Waals surface area contributed by atoms with Crippen molar-refractivity contribution in [2.75, 3.05) is 6.54 Å². The van der Waals surface area contributed by atoms with Crippen molar-refractivity contribution in [3.63, 3.8) is 0 Å². The highest BCUT2D eigenvalue weighted by atomic mass is 16.1. The summed E-state index contributed by atoms with van der Waals surface area (Å²) in [5.74, 6) is 1.86. The normalized spacial score (nSPS) is 28.6. The molecular formula is C16H27NO. The van der Waals surface area contributed by atoms with Crippen LogP contribution in [0.25, 0.3) is 0 Å². The van der Waals surface area contributed by atoms with E-state index in [1.165, 1.54) is 50.5 Å². The second-order valence-electron chi connectivity index (χ2n) is 6.21. The Bertz CT molecular complexity index is 300. The van der Waals surface area contributed by atoms with Crippen LogP contribution >= 0.6 is 0 Å². The zero-order valence-corrected chi connectivity index (χ0v) is 11.7. The fourth-order valence-corrected chi connectivity index (χ4v) is 3.13. The Balaban J connectivity index is 1.64. The fraction of sp³-hybridized carbons (Fsp3) is 0.812. The zero-order chi connectivity index (χ0) is 12.8. The van der Waals surface area contributed by atoms with Crippen molar-refractivity contribution in [1.82, 2.24) is 5.32 Å². The predicted molar refractivity (Wildman–Crippen MR) is 75.3 cm³/mol. The first kappa shape index (κ1) is 13.6. The monoisotopic (exact) mass is 249 g/mol. The second kappa shape index (κ2) is 6.96. The lowest BCUT2D eigenvalue weighted by molar-refractivity contribution is -0.120. The number of hydrogen-bond acceptors (Lipinski definition) is 1. The lowest BCUT2D eigenvalue weighted by atomic mass is 9.83. The minimum Gasteiger partial charge on any atom is -0.356 e. The van der Waals surface area contributed by atoms with Crippen LogP contribution in [0.2, 0.25) is 0 Å². The molecule has 0 aromatic rings. The Morgan fingerprint density at radius 3 is 2.72 bits per heavy atom. The highest BCUT2D eigenvalue weighted by Crippen LogP contribution is 2.27. The van der Waals surface area contributed by atoms with Gasteiger partial charge in [-0.3, -0.25) is 4.79 Å². The molecule has 0 spiro atoms. The summed E-state index contributed by atoms with van der Waals surface area (Å²) >= 11 is 0. The third kappa shape index (κ3) is 4.47. The molecular weight excluding hydrogens is 222 g/mol. The first-order chi connectivity index (χ1) is 8.74. The van der Waals surface area contributed by atoms with E-state index in [4.69, 9.17) is 0 Å². The van der Waals surface area contributed by atoms with Gasteiger partial charge in [0.25, 0.3) is 0 Å². The van der Waals surface area contributed by atoms with Gasteiger partial charge in [0.2, 0.25) is 5.91 Å². The van der Waals surface area contributed by atoms with E-state index < -0.39 is 0 Å². The average molecular weight is 249 g/mol. The van der Waals surface area contributed by atoms with E-state index in [9.17, 15) is 4.79 Å². The van der Waals surface area contributed by atoms with Gasteiger partial charge in [-0.25, -0.2) is 0 Å². The van der Waals surface area contributed by atoms with E-state index in [0.717, 1.165) is 24.8 Å². The Hall–Kier alpha value is -0.790. The van der Waals surface area contributed by atoms with Gasteiger partial charge in [-0.2, -0.15) is 0 Å². The molecule has 0 atom stereocenters. The number of allylic oxidation sites excluding steroid dienone is 1. The van der Waals surface area contributed by atoms with Crippen LogP contribution in [0.15, 0.2) is 11.6 Å². The molecule has 0 saturated heterocycles. The number of amides is 1. The summed E-state index contributed by atoms with van der Waals surface area (Å²) in [5.41, 5.74) is 1.36. The van der Waals surface area contributed by atoms with Crippen LogP contribution < -0.4 is 5.32 Å². The summed E-state index contributed by atoms with van der Waals surface area (Å²) in [5, 5.41) is 3.13. The van der Waals surface area contributed by atoms with Crippen LogP contribution in [0.5, 0.6) is 0 Å². The molecule has 0 radical (unpaired) electrons. The standard InChI is InChI=1S/C16H27NO/c1-13-7-9-15(10-8-13)12-17-16(18)11-14-5-3-2-4-6-14/h5,13,15H,2-4,6-12H2,1H3,(H,17,18). The molecule has 2 nitrogen and oxygen atoms in total. The molecule has 102 valence electrons. The molecule has 2 aliphatic carbocycles. The van der Waals surface area contributed by atoms with Gasteiger partial charge in [0.1, 0.15) is 0 Å². The van der Waals surface area contributed by atoms with Crippen molar-refractivity contribution in [2.24, 2.45) is 11.8 Å². The molecule has 0 aromatic heterocycles. The first-order valence-electron chi connectivity index (χ1n) is 7.68. The smallest absolute Gasteiger partial charge is 0.224 e. The maximum Gasteiger partial charge on any atom is 0.224 e. The van der Waals surface area contributed by atoms with Gasteiger partial charge in [-0.15, -0.1) is 0 Å². The van der Waals surface area contributed by atoms with E-state index in [1.54, 1.807) is 0 Å². The van der Waals surface area contributed by atoms with Crippen LogP contribution in [0, 0.1) is 11.8 Å². The van der Waals surface area contributed by atoms with Crippen molar-refractivity contribution >= 4 is 5.91 Å². The number of nitrogens with one attached hydrogen (secondary N) is 1. The van der Waals surface area contributed by atoms with Gasteiger partial charge in [-0.1, -0.05) is 31.4 Å². The summed E-state index contributed by atoms with van der Waals surface area (Å²) in [4.78, 5) is 11.9. The van der Waals surface area contributed by atoms with Gasteiger partial charge in [0.15, 0.2) is 0 Å². The quantitative estimate of drug-likeness (QED) is 0.754. The zero-order valence-electron chi connectivity index (χ0n) is 11.7. The lowest BCUT2D eigenvalue weighted by Crippen LogP contribution is -2.31. The van der Waals surface area contributed by atoms with E-state index in [1.807, 2.05) is 0 Å². The van der Waals surface area contributed by atoms with Gasteiger partial charge in [0, 0.05) is 13.0 Å². The maximum absolute atomic E-state index is 11.9. The number of rotatable bonds is 4. The van der Waals surface area contributed by atoms with Crippen LogP contribution in [0.4, 0.5) is 0 Å². The number of hydrogen-bond donors (Lipinski definition) is 1. The van der Waals surface area contributed by atoms with Gasteiger partial charge >= 0.3 is 0 Å². The first-order valence-corrected chi connectivity index (χ1v) is 7.68. The van der Waals surface area contributed by atoms with Crippen molar-refractivity contribution in [1.29, 1.82) is 0 Å². The van der Waals surface area contributed by atoms with Crippen LogP contribution in [0.1, 0.15) is 64.7 Å². The van der Waals surface area contributed by atoms with Crippen LogP contribution in [-0.4, -0.2) is 12.5 Å². The van der Waals surface area contributed by atoms with E-state index in [0.29, 0.717) is 6.42 Å². The highest BCUT2D eigenvalue weighted by Gasteiger charge is 2.18. The van der Waals surface area contributed by atoms with E-state index >= 15 is 0 Å². The van der Waals surface area contributed by atoms with Crippen molar-refractivity contribution < 1.29 is 4.79 Å². The molecule has 0 bridgehead atoms. The molecule has 0 aliphatic heterocycles. The highest BCUT2D eigenvalue weighted by molar-refractivity contribution is 5.78.